The molecule has 0 fully saturated rings. The van der Waals surface area contributed by atoms with Crippen LogP contribution in [-0.2, 0) is 9.84 Å². The smallest absolute Gasteiger partial charge is 0.354 e. The average molecular weight is 251 g/mol. The van der Waals surface area contributed by atoms with Crippen LogP contribution in [-0.4, -0.2) is 35.2 Å². The number of nitrogens with zero attached hydrogens (tertiary/aromatic N) is 2. The molecule has 8 heteroatoms. The van der Waals surface area contributed by atoms with Crippen molar-refractivity contribution in [2.24, 2.45) is 0 Å². The normalized spacial score (nSPS) is 11.3. The van der Waals surface area contributed by atoms with Crippen molar-refractivity contribution in [3.8, 4) is 0 Å². The maximum Gasteiger partial charge on any atom is 0.354 e. The highest BCUT2D eigenvalue weighted by atomic mass is 35.5. The standard InChI is InChI=1S/C7H7ClN2O4S/c1-2-15(13,14)7-9-4(6(11)12)3-5(8)10-7/h3H,2H2,1H3,(H,11,12). The molecule has 0 saturated carbocycles. The largest absolute Gasteiger partial charge is 0.477 e. The van der Waals surface area contributed by atoms with Gasteiger partial charge in [-0.1, -0.05) is 18.5 Å². The minimum absolute atomic E-state index is 0.213. The quantitative estimate of drug-likeness (QED) is 0.624. The number of rotatable bonds is 3. The Morgan fingerprint density at radius 2 is 2.13 bits per heavy atom. The number of carboxylic acid groups (broad SMARTS) is 1. The van der Waals surface area contributed by atoms with Gasteiger partial charge in [-0.05, 0) is 0 Å². The lowest BCUT2D eigenvalue weighted by atomic mass is 10.4. The summed E-state index contributed by atoms with van der Waals surface area (Å²) in [6.45, 7) is 1.40. The zero-order valence-electron chi connectivity index (χ0n) is 7.64. The van der Waals surface area contributed by atoms with Crippen LogP contribution in [0.3, 0.4) is 0 Å². The predicted octanol–water partition coefficient (Wildman–Crippen LogP) is 0.622. The Bertz CT molecular complexity index is 500. The number of aromatic carboxylic acids is 1. The van der Waals surface area contributed by atoms with Crippen LogP contribution >= 0.6 is 11.6 Å². The van der Waals surface area contributed by atoms with Gasteiger partial charge in [-0.2, -0.15) is 0 Å². The van der Waals surface area contributed by atoms with Crippen molar-refractivity contribution < 1.29 is 18.3 Å². The van der Waals surface area contributed by atoms with E-state index in [0.717, 1.165) is 6.07 Å². The van der Waals surface area contributed by atoms with Crippen molar-refractivity contribution in [2.75, 3.05) is 5.75 Å². The molecule has 0 aliphatic carbocycles. The summed E-state index contributed by atoms with van der Waals surface area (Å²) in [4.78, 5) is 17.4. The van der Waals surface area contributed by atoms with Crippen molar-refractivity contribution in [2.45, 2.75) is 12.1 Å². The molecule has 0 spiro atoms. The summed E-state index contributed by atoms with van der Waals surface area (Å²) in [6, 6.07) is 0.985. The second-order valence-corrected chi connectivity index (χ2v) is 5.13. The lowest BCUT2D eigenvalue weighted by Gasteiger charge is -2.01. The topological polar surface area (TPSA) is 97.2 Å². The number of carbonyl (C=O) groups is 1. The van der Waals surface area contributed by atoms with Crippen LogP contribution in [0.15, 0.2) is 11.2 Å². The van der Waals surface area contributed by atoms with Gasteiger partial charge in [0, 0.05) is 6.07 Å². The molecule has 0 bridgehead atoms. The summed E-state index contributed by atoms with van der Waals surface area (Å²) in [5.74, 6) is -1.57. The highest BCUT2D eigenvalue weighted by molar-refractivity contribution is 7.91. The van der Waals surface area contributed by atoms with E-state index in [2.05, 4.69) is 9.97 Å². The lowest BCUT2D eigenvalue weighted by molar-refractivity contribution is 0.0689. The SMILES string of the molecule is CCS(=O)(=O)c1nc(Cl)cc(C(=O)O)n1. The third kappa shape index (κ3) is 2.63. The molecule has 1 aromatic rings. The van der Waals surface area contributed by atoms with E-state index in [0.29, 0.717) is 0 Å². The van der Waals surface area contributed by atoms with E-state index in [1.54, 1.807) is 0 Å². The van der Waals surface area contributed by atoms with Gasteiger partial charge < -0.3 is 5.11 Å². The number of hydrogen-bond donors (Lipinski definition) is 1. The molecule has 1 N–H and O–H groups in total. The maximum atomic E-state index is 11.4. The number of carboxylic acids is 1. The van der Waals surface area contributed by atoms with Gasteiger partial charge >= 0.3 is 5.97 Å². The van der Waals surface area contributed by atoms with Gasteiger partial charge in [0.1, 0.15) is 5.15 Å². The highest BCUT2D eigenvalue weighted by Crippen LogP contribution is 2.12. The van der Waals surface area contributed by atoms with E-state index in [1.807, 2.05) is 0 Å². The summed E-state index contributed by atoms with van der Waals surface area (Å²) in [7, 11) is -3.65. The van der Waals surface area contributed by atoms with Crippen LogP contribution in [0.2, 0.25) is 5.15 Å². The van der Waals surface area contributed by atoms with Crippen LogP contribution in [0, 0.1) is 0 Å². The summed E-state index contributed by atoms with van der Waals surface area (Å²) in [5.41, 5.74) is -0.443. The molecule has 0 saturated heterocycles. The first-order valence-corrected chi connectivity index (χ1v) is 5.90. The highest BCUT2D eigenvalue weighted by Gasteiger charge is 2.19. The van der Waals surface area contributed by atoms with E-state index in [9.17, 15) is 13.2 Å². The van der Waals surface area contributed by atoms with Gasteiger partial charge in [-0.25, -0.2) is 23.2 Å². The van der Waals surface area contributed by atoms with Gasteiger partial charge in [0.2, 0.25) is 15.0 Å². The summed E-state index contributed by atoms with van der Waals surface area (Å²) >= 11 is 5.48. The monoisotopic (exact) mass is 250 g/mol. The van der Waals surface area contributed by atoms with Gasteiger partial charge in [0.25, 0.3) is 0 Å². The van der Waals surface area contributed by atoms with Crippen LogP contribution in [0.25, 0.3) is 0 Å². The minimum Gasteiger partial charge on any atom is -0.477 e. The van der Waals surface area contributed by atoms with Crippen LogP contribution in [0.1, 0.15) is 17.4 Å². The molecule has 6 nitrogen and oxygen atoms in total. The number of hydrogen-bond acceptors (Lipinski definition) is 5. The zero-order valence-corrected chi connectivity index (χ0v) is 9.21. The Kier molecular flexibility index (Phi) is 3.25. The van der Waals surface area contributed by atoms with Crippen molar-refractivity contribution in [1.29, 1.82) is 0 Å². The van der Waals surface area contributed by atoms with E-state index >= 15 is 0 Å². The Morgan fingerprint density at radius 1 is 1.53 bits per heavy atom. The summed E-state index contributed by atoms with van der Waals surface area (Å²) in [5, 5.41) is 7.85. The lowest BCUT2D eigenvalue weighted by Crippen LogP contribution is -2.12. The number of aromatic nitrogens is 2. The first-order valence-electron chi connectivity index (χ1n) is 3.87. The first kappa shape index (κ1) is 11.9. The Hall–Kier alpha value is -1.21. The van der Waals surface area contributed by atoms with E-state index in [4.69, 9.17) is 16.7 Å². The molecule has 0 aliphatic rings. The van der Waals surface area contributed by atoms with Crippen molar-refractivity contribution in [1.82, 2.24) is 9.97 Å². The minimum atomic E-state index is -3.65. The summed E-state index contributed by atoms with van der Waals surface area (Å²) < 4.78 is 22.7. The van der Waals surface area contributed by atoms with Gasteiger partial charge in [-0.3, -0.25) is 0 Å². The number of sulfone groups is 1. The van der Waals surface area contributed by atoms with Gasteiger partial charge in [0.05, 0.1) is 5.75 Å². The predicted molar refractivity (Wildman–Crippen MR) is 51.7 cm³/mol. The van der Waals surface area contributed by atoms with Crippen LogP contribution < -0.4 is 0 Å². The molecule has 1 rings (SSSR count). The first-order chi connectivity index (χ1) is 6.86. The fourth-order valence-electron chi connectivity index (χ4n) is 0.775. The molecule has 1 heterocycles. The van der Waals surface area contributed by atoms with Crippen molar-refractivity contribution >= 4 is 27.4 Å². The average Bonchev–Trinajstić information content (AvgIpc) is 2.16. The molecule has 82 valence electrons. The Morgan fingerprint density at radius 3 is 2.60 bits per heavy atom. The Labute approximate surface area is 90.8 Å². The second-order valence-electron chi connectivity index (χ2n) is 2.57. The van der Waals surface area contributed by atoms with E-state index in [1.165, 1.54) is 6.92 Å². The molecular formula is C7H7ClN2O4S. The fraction of sp³-hybridized carbons (Fsp3) is 0.286. The molecule has 1 aromatic heterocycles. The van der Waals surface area contributed by atoms with Crippen LogP contribution in [0.4, 0.5) is 0 Å². The van der Waals surface area contributed by atoms with Gasteiger partial charge in [0.15, 0.2) is 5.69 Å². The zero-order chi connectivity index (χ0) is 11.6. The second kappa shape index (κ2) is 4.11. The molecular weight excluding hydrogens is 244 g/mol. The molecule has 0 radical (unpaired) electrons. The van der Waals surface area contributed by atoms with E-state index < -0.39 is 26.7 Å². The molecule has 15 heavy (non-hydrogen) atoms. The molecule has 0 aliphatic heterocycles. The summed E-state index contributed by atoms with van der Waals surface area (Å²) in [6.07, 6.45) is 0. The molecule has 0 aromatic carbocycles. The third-order valence-electron chi connectivity index (χ3n) is 1.55. The van der Waals surface area contributed by atoms with Crippen molar-refractivity contribution in [3.63, 3.8) is 0 Å². The van der Waals surface area contributed by atoms with Crippen LogP contribution in [0.5, 0.6) is 0 Å². The van der Waals surface area contributed by atoms with E-state index in [-0.39, 0.29) is 10.9 Å². The maximum absolute atomic E-state index is 11.4. The molecule has 0 amide bonds. The Balaban J connectivity index is 3.40. The number of halogens is 1. The fourth-order valence-corrected chi connectivity index (χ4v) is 1.74. The molecule has 0 unspecified atom stereocenters. The third-order valence-corrected chi connectivity index (χ3v) is 3.24. The van der Waals surface area contributed by atoms with Gasteiger partial charge in [-0.15, -0.1) is 0 Å². The molecule has 0 atom stereocenters. The van der Waals surface area contributed by atoms with Crippen molar-refractivity contribution in [3.05, 3.63) is 16.9 Å².